The van der Waals surface area contributed by atoms with Gasteiger partial charge in [-0.1, -0.05) is 0 Å². The molecule has 0 aliphatic carbocycles. The van der Waals surface area contributed by atoms with Crippen molar-refractivity contribution in [3.05, 3.63) is 0 Å². The molecule has 0 aromatic carbocycles. The minimum Gasteiger partial charge on any atom is -0.377 e. The maximum atomic E-state index is 11.8. The quantitative estimate of drug-likeness (QED) is 0.363. The fraction of sp³-hybridized carbons (Fsp3) is 0.727. The molecule has 0 aromatic heterocycles. The molecule has 23 heavy (non-hydrogen) atoms. The molecule has 0 unspecified atom stereocenters. The summed E-state index contributed by atoms with van der Waals surface area (Å²) in [5.41, 5.74) is -0.0788. The first kappa shape index (κ1) is 19.9. The maximum absolute atomic E-state index is 11.8. The van der Waals surface area contributed by atoms with Crippen LogP contribution in [0.15, 0.2) is 4.99 Å². The minimum absolute atomic E-state index is 0.0788. The van der Waals surface area contributed by atoms with E-state index in [0.29, 0.717) is 12.5 Å². The summed E-state index contributed by atoms with van der Waals surface area (Å²) in [6, 6.07) is -0.307. The second kappa shape index (κ2) is 8.61. The van der Waals surface area contributed by atoms with E-state index in [1.807, 2.05) is 5.32 Å². The van der Waals surface area contributed by atoms with E-state index < -0.39 is 30.8 Å². The van der Waals surface area contributed by atoms with Crippen LogP contribution < -0.4 is 10.0 Å². The topological polar surface area (TPSA) is 132 Å². The fourth-order valence-corrected chi connectivity index (χ4v) is 4.72. The summed E-state index contributed by atoms with van der Waals surface area (Å²) >= 11 is 0. The maximum Gasteiger partial charge on any atom is 0.500 e. The van der Waals surface area contributed by atoms with Crippen molar-refractivity contribution in [3.63, 3.8) is 0 Å². The van der Waals surface area contributed by atoms with Crippen LogP contribution in [-0.4, -0.2) is 68.5 Å². The molecule has 0 radical (unpaired) electrons. The Morgan fingerprint density at radius 3 is 2.26 bits per heavy atom. The molecule has 1 aliphatic heterocycles. The molecule has 3 amide bonds. The molecule has 2 N–H and O–H groups in total. The van der Waals surface area contributed by atoms with Crippen molar-refractivity contribution in [1.82, 2.24) is 10.0 Å². The molecule has 1 aliphatic rings. The first-order valence-corrected chi connectivity index (χ1v) is 10.4. The van der Waals surface area contributed by atoms with Gasteiger partial charge in [-0.15, -0.1) is 0 Å². The fourth-order valence-electron chi connectivity index (χ4n) is 1.93. The number of hydrogen-bond acceptors (Lipinski definition) is 7. The molecule has 132 valence electrons. The summed E-state index contributed by atoms with van der Waals surface area (Å²) in [4.78, 5) is 25.5. The lowest BCUT2D eigenvalue weighted by Gasteiger charge is -2.24. The average molecular weight is 367 g/mol. The third kappa shape index (κ3) is 6.08. The Bertz CT molecular complexity index is 566. The summed E-state index contributed by atoms with van der Waals surface area (Å²) in [5.74, 6) is -0.977. The van der Waals surface area contributed by atoms with Crippen LogP contribution in [0.4, 0.5) is 4.79 Å². The summed E-state index contributed by atoms with van der Waals surface area (Å²) in [6.07, 6.45) is 0.348. The van der Waals surface area contributed by atoms with E-state index in [-0.39, 0.29) is 24.4 Å². The number of aliphatic imine (C=N–C) groups is 1. The molecule has 10 nitrogen and oxygen atoms in total. The third-order valence-corrected chi connectivity index (χ3v) is 7.46. The second-order valence-electron chi connectivity index (χ2n) is 4.68. The SMILES string of the molecule is CO[Si](CCCNS(=O)(=O)CCC1=NC(=O)NC1=O)(OC)OC. The average Bonchev–Trinajstić information content (AvgIpc) is 2.84. The second-order valence-corrected chi connectivity index (χ2v) is 9.70. The first-order valence-electron chi connectivity index (χ1n) is 6.83. The lowest BCUT2D eigenvalue weighted by atomic mass is 10.3. The first-order chi connectivity index (χ1) is 10.8. The Kier molecular flexibility index (Phi) is 7.43. The molecule has 12 heteroatoms. The van der Waals surface area contributed by atoms with Gasteiger partial charge in [-0.05, 0) is 6.42 Å². The van der Waals surface area contributed by atoms with E-state index in [1.54, 1.807) is 0 Å². The summed E-state index contributed by atoms with van der Waals surface area (Å²) < 4.78 is 41.8. The van der Waals surface area contributed by atoms with Crippen LogP contribution in [0.5, 0.6) is 0 Å². The summed E-state index contributed by atoms with van der Waals surface area (Å²) in [7, 11) is -1.84. The standard InChI is InChI=1S/C11H21N3O7SSi/c1-19-23(20-2,21-3)8-4-6-12-22(17,18)7-5-9-10(15)14-11(16)13-9/h12H,4-8H2,1-3H3,(H,14,15,16). The van der Waals surface area contributed by atoms with Crippen molar-refractivity contribution < 1.29 is 31.3 Å². The Labute approximate surface area is 136 Å². The molecule has 0 aromatic rings. The smallest absolute Gasteiger partial charge is 0.377 e. The van der Waals surface area contributed by atoms with Gasteiger partial charge in [0.25, 0.3) is 5.91 Å². The van der Waals surface area contributed by atoms with Crippen molar-refractivity contribution in [3.8, 4) is 0 Å². The van der Waals surface area contributed by atoms with Gasteiger partial charge in [0.2, 0.25) is 10.0 Å². The number of carbonyl (C=O) groups excluding carboxylic acids is 2. The van der Waals surface area contributed by atoms with Crippen LogP contribution in [-0.2, 0) is 28.1 Å². The number of nitrogens with one attached hydrogen (secondary N) is 2. The molecule has 1 heterocycles. The monoisotopic (exact) mass is 367 g/mol. The van der Waals surface area contributed by atoms with Crippen LogP contribution in [0, 0.1) is 0 Å². The van der Waals surface area contributed by atoms with Gasteiger partial charge in [0.1, 0.15) is 5.71 Å². The van der Waals surface area contributed by atoms with Gasteiger partial charge >= 0.3 is 14.8 Å². The van der Waals surface area contributed by atoms with Crippen LogP contribution >= 0.6 is 0 Å². The lowest BCUT2D eigenvalue weighted by molar-refractivity contribution is -0.113. The lowest BCUT2D eigenvalue weighted by Crippen LogP contribution is -2.43. The highest BCUT2D eigenvalue weighted by Gasteiger charge is 2.36. The van der Waals surface area contributed by atoms with Crippen LogP contribution in [0.1, 0.15) is 12.8 Å². The molecular formula is C11H21N3O7SSi. The van der Waals surface area contributed by atoms with Gasteiger partial charge in [-0.3, -0.25) is 10.1 Å². The molecule has 1 rings (SSSR count). The van der Waals surface area contributed by atoms with Crippen molar-refractivity contribution in [2.24, 2.45) is 4.99 Å². The van der Waals surface area contributed by atoms with Gasteiger partial charge in [0, 0.05) is 40.3 Å². The van der Waals surface area contributed by atoms with Crippen molar-refractivity contribution in [2.75, 3.05) is 33.6 Å². The Hall–Kier alpha value is -1.18. The molecule has 0 saturated carbocycles. The minimum atomic E-state index is -3.58. The molecule has 0 spiro atoms. The Balaban J connectivity index is 2.37. The van der Waals surface area contributed by atoms with E-state index in [0.717, 1.165) is 0 Å². The number of hydrogen-bond donors (Lipinski definition) is 2. The zero-order valence-electron chi connectivity index (χ0n) is 13.2. The van der Waals surface area contributed by atoms with Crippen LogP contribution in [0.25, 0.3) is 0 Å². The number of sulfonamides is 1. The van der Waals surface area contributed by atoms with Gasteiger partial charge in [-0.25, -0.2) is 17.9 Å². The molecule has 0 bridgehead atoms. The largest absolute Gasteiger partial charge is 0.500 e. The molecular weight excluding hydrogens is 346 g/mol. The molecule has 0 saturated heterocycles. The van der Waals surface area contributed by atoms with Crippen molar-refractivity contribution in [2.45, 2.75) is 18.9 Å². The normalized spacial score (nSPS) is 15.7. The predicted octanol–water partition coefficient (Wildman–Crippen LogP) is -0.745. The number of rotatable bonds is 11. The van der Waals surface area contributed by atoms with Gasteiger partial charge in [0.15, 0.2) is 0 Å². The third-order valence-electron chi connectivity index (χ3n) is 3.24. The van der Waals surface area contributed by atoms with E-state index in [4.69, 9.17) is 13.3 Å². The van der Waals surface area contributed by atoms with Crippen LogP contribution in [0.2, 0.25) is 6.04 Å². The number of carbonyl (C=O) groups is 2. The number of imide groups is 1. The highest BCUT2D eigenvalue weighted by molar-refractivity contribution is 7.89. The van der Waals surface area contributed by atoms with Gasteiger partial charge in [0.05, 0.1) is 5.75 Å². The molecule has 0 fully saturated rings. The number of amides is 3. The zero-order valence-corrected chi connectivity index (χ0v) is 15.1. The van der Waals surface area contributed by atoms with Gasteiger partial charge < -0.3 is 13.3 Å². The molecule has 0 atom stereocenters. The van der Waals surface area contributed by atoms with E-state index in [9.17, 15) is 18.0 Å². The summed E-state index contributed by atoms with van der Waals surface area (Å²) in [6.45, 7) is 0.185. The van der Waals surface area contributed by atoms with Crippen molar-refractivity contribution >= 4 is 36.5 Å². The Morgan fingerprint density at radius 1 is 1.17 bits per heavy atom. The Morgan fingerprint density at radius 2 is 1.78 bits per heavy atom. The predicted molar refractivity (Wildman–Crippen MR) is 83.6 cm³/mol. The van der Waals surface area contributed by atoms with Crippen molar-refractivity contribution in [1.29, 1.82) is 0 Å². The van der Waals surface area contributed by atoms with Crippen LogP contribution in [0.3, 0.4) is 0 Å². The summed E-state index contributed by atoms with van der Waals surface area (Å²) in [5, 5.41) is 1.96. The number of urea groups is 1. The zero-order chi connectivity index (χ0) is 17.5. The van der Waals surface area contributed by atoms with E-state index in [2.05, 4.69) is 9.71 Å². The highest BCUT2D eigenvalue weighted by Crippen LogP contribution is 2.14. The van der Waals surface area contributed by atoms with E-state index >= 15 is 0 Å². The number of nitrogens with zero attached hydrogens (tertiary/aromatic N) is 1. The van der Waals surface area contributed by atoms with E-state index in [1.165, 1.54) is 21.3 Å². The van der Waals surface area contributed by atoms with Gasteiger partial charge in [-0.2, -0.15) is 4.99 Å². The highest BCUT2D eigenvalue weighted by atomic mass is 32.2.